The van der Waals surface area contributed by atoms with E-state index in [4.69, 9.17) is 0 Å². The summed E-state index contributed by atoms with van der Waals surface area (Å²) in [5.41, 5.74) is -0.996. The molecule has 3 nitrogen and oxygen atoms in total. The van der Waals surface area contributed by atoms with Crippen molar-refractivity contribution < 1.29 is 22.8 Å². The number of Topliss-reactive ketones (excluding diaryl/α,β-unsaturated/α-hetero) is 1. The first kappa shape index (κ1) is 9.70. The molecule has 0 fully saturated rings. The van der Waals surface area contributed by atoms with Gasteiger partial charge in [0, 0.05) is 0 Å². The van der Waals surface area contributed by atoms with Gasteiger partial charge >= 0.3 is 6.18 Å². The van der Waals surface area contributed by atoms with E-state index in [1.807, 2.05) is 0 Å². The van der Waals surface area contributed by atoms with E-state index < -0.39 is 23.4 Å². The molecule has 0 bridgehead atoms. The highest BCUT2D eigenvalue weighted by atomic mass is 19.4. The molecule has 0 spiro atoms. The van der Waals surface area contributed by atoms with Gasteiger partial charge in [0.25, 0.3) is 11.7 Å². The lowest BCUT2D eigenvalue weighted by Gasteiger charge is -2.07. The summed E-state index contributed by atoms with van der Waals surface area (Å²) in [7, 11) is 0. The molecule has 78 valence electrons. The molecule has 2 rings (SSSR count). The lowest BCUT2D eigenvalue weighted by atomic mass is 10.2. The van der Waals surface area contributed by atoms with Crippen molar-refractivity contribution in [1.29, 1.82) is 0 Å². The number of alkyl halides is 3. The van der Waals surface area contributed by atoms with Crippen LogP contribution in [0.15, 0.2) is 18.2 Å². The van der Waals surface area contributed by atoms with Crippen molar-refractivity contribution in [2.45, 2.75) is 6.18 Å². The van der Waals surface area contributed by atoms with Crippen molar-refractivity contribution in [2.24, 2.45) is 0 Å². The predicted octanol–water partition coefficient (Wildman–Crippen LogP) is 1.84. The Kier molecular flexibility index (Phi) is 1.82. The number of hydrogen-bond donors (Lipinski definition) is 1. The van der Waals surface area contributed by atoms with Crippen LogP contribution in [0.4, 0.5) is 18.9 Å². The Balaban J connectivity index is 2.51. The molecular weight excluding hydrogens is 215 g/mol. The van der Waals surface area contributed by atoms with Gasteiger partial charge in [0.15, 0.2) is 0 Å². The Morgan fingerprint density at radius 2 is 1.87 bits per heavy atom. The Morgan fingerprint density at radius 3 is 2.47 bits per heavy atom. The van der Waals surface area contributed by atoms with E-state index in [1.165, 1.54) is 0 Å². The van der Waals surface area contributed by atoms with Gasteiger partial charge in [-0.25, -0.2) is 0 Å². The smallest absolute Gasteiger partial charge is 0.318 e. The number of amides is 1. The number of anilines is 1. The average Bonchev–Trinajstić information content (AvgIpc) is 2.41. The van der Waals surface area contributed by atoms with Gasteiger partial charge in [-0.1, -0.05) is 0 Å². The molecule has 0 saturated carbocycles. The minimum Gasteiger partial charge on any atom is -0.318 e. The minimum atomic E-state index is -4.48. The van der Waals surface area contributed by atoms with Crippen LogP contribution in [0.3, 0.4) is 0 Å². The Morgan fingerprint density at radius 1 is 1.20 bits per heavy atom. The van der Waals surface area contributed by atoms with Crippen molar-refractivity contribution in [3.8, 4) is 0 Å². The number of carbonyl (C=O) groups is 2. The molecule has 1 aliphatic heterocycles. The molecule has 6 heteroatoms. The Bertz CT molecular complexity index is 465. The SMILES string of the molecule is O=[14C]1Nc2cc(C(F)(F)F)ccc2[14C]1=O. The standard InChI is InChI=1S/C9H4F3NO2/c10-9(11,12)4-1-2-5-6(3-4)13-8(15)7(5)14/h1-3H,(H,13,14,15)/i7+2,8+2. The first-order valence-electron chi connectivity index (χ1n) is 3.96. The van der Waals surface area contributed by atoms with Crippen LogP contribution in [0.5, 0.6) is 0 Å². The zero-order chi connectivity index (χ0) is 11.2. The molecule has 1 N–H and O–H groups in total. The first-order valence-corrected chi connectivity index (χ1v) is 3.96. The van der Waals surface area contributed by atoms with Crippen LogP contribution in [-0.2, 0) is 11.0 Å². The van der Waals surface area contributed by atoms with Gasteiger partial charge in [-0.05, 0) is 18.2 Å². The van der Waals surface area contributed by atoms with Gasteiger partial charge in [0.2, 0.25) is 0 Å². The lowest BCUT2D eigenvalue weighted by molar-refractivity contribution is -0.137. The van der Waals surface area contributed by atoms with Crippen molar-refractivity contribution in [2.75, 3.05) is 5.32 Å². The second-order valence-electron chi connectivity index (χ2n) is 3.04. The molecule has 0 aromatic heterocycles. The summed E-state index contributed by atoms with van der Waals surface area (Å²) in [6.07, 6.45) is -4.48. The van der Waals surface area contributed by atoms with Gasteiger partial charge in [0.05, 0.1) is 16.8 Å². The van der Waals surface area contributed by atoms with E-state index in [0.717, 1.165) is 18.2 Å². The maximum Gasteiger partial charge on any atom is 0.416 e. The maximum atomic E-state index is 12.3. The zero-order valence-electron chi connectivity index (χ0n) is 7.18. The van der Waals surface area contributed by atoms with Crippen molar-refractivity contribution in [3.63, 3.8) is 0 Å². The van der Waals surface area contributed by atoms with Crippen molar-refractivity contribution in [1.82, 2.24) is 0 Å². The molecular formula is C9H4F3NO2. The van der Waals surface area contributed by atoms with E-state index in [2.05, 4.69) is 5.32 Å². The van der Waals surface area contributed by atoms with Gasteiger partial charge in [0.1, 0.15) is 0 Å². The zero-order valence-corrected chi connectivity index (χ0v) is 7.18. The fraction of sp³-hybridized carbons (Fsp3) is 0.111. The summed E-state index contributed by atoms with van der Waals surface area (Å²) in [5.74, 6) is -1.71. The first-order chi connectivity index (χ1) is 6.89. The fourth-order valence-corrected chi connectivity index (χ4v) is 1.32. The third-order valence-corrected chi connectivity index (χ3v) is 2.05. The number of fused-ring (bicyclic) bond motifs is 1. The fourth-order valence-electron chi connectivity index (χ4n) is 1.32. The number of hydrogen-bond acceptors (Lipinski definition) is 2. The molecule has 0 radical (unpaired) electrons. The predicted molar refractivity (Wildman–Crippen MR) is 44.4 cm³/mol. The van der Waals surface area contributed by atoms with Crippen LogP contribution in [0.25, 0.3) is 0 Å². The molecule has 15 heavy (non-hydrogen) atoms. The molecule has 1 aliphatic rings. The van der Waals surface area contributed by atoms with Crippen LogP contribution in [-0.4, -0.2) is 11.7 Å². The summed E-state index contributed by atoms with van der Waals surface area (Å²) in [4.78, 5) is 21.9. The second-order valence-corrected chi connectivity index (χ2v) is 3.04. The van der Waals surface area contributed by atoms with Gasteiger partial charge < -0.3 is 5.32 Å². The maximum absolute atomic E-state index is 12.3. The van der Waals surface area contributed by atoms with Crippen LogP contribution in [0, 0.1) is 0 Å². The van der Waals surface area contributed by atoms with E-state index in [1.54, 1.807) is 0 Å². The van der Waals surface area contributed by atoms with Crippen molar-refractivity contribution in [3.05, 3.63) is 29.3 Å². The van der Waals surface area contributed by atoms with E-state index >= 15 is 0 Å². The summed E-state index contributed by atoms with van der Waals surface area (Å²) in [5, 5.41) is 2.07. The molecule has 1 amide bonds. The normalized spacial score (nSPS) is 15.1. The van der Waals surface area contributed by atoms with Gasteiger partial charge in [-0.15, -0.1) is 0 Å². The number of nitrogens with one attached hydrogen (secondary N) is 1. The topological polar surface area (TPSA) is 46.2 Å². The molecule has 0 atom stereocenters. The average molecular weight is 219 g/mol. The van der Waals surface area contributed by atoms with Crippen LogP contribution >= 0.6 is 0 Å². The largest absolute Gasteiger partial charge is 0.416 e. The Hall–Kier alpha value is -1.85. The minimum absolute atomic E-state index is 0.0204. The number of carbonyl (C=O) groups excluding carboxylic acids is 2. The monoisotopic (exact) mass is 219 g/mol. The van der Waals surface area contributed by atoms with Gasteiger partial charge in [-0.2, -0.15) is 13.2 Å². The number of halogens is 3. The lowest BCUT2D eigenvalue weighted by Crippen LogP contribution is -2.12. The third kappa shape index (κ3) is 1.47. The quantitative estimate of drug-likeness (QED) is 0.676. The summed E-state index contributed by atoms with van der Waals surface area (Å²) in [6, 6.07) is 2.52. The van der Waals surface area contributed by atoms with Crippen LogP contribution in [0.2, 0.25) is 0 Å². The highest BCUT2D eigenvalue weighted by Gasteiger charge is 2.34. The highest BCUT2D eigenvalue weighted by Crippen LogP contribution is 2.33. The number of benzene rings is 1. The third-order valence-electron chi connectivity index (χ3n) is 2.05. The second kappa shape index (κ2) is 2.82. The molecule has 1 aromatic carbocycles. The molecule has 0 aliphatic carbocycles. The van der Waals surface area contributed by atoms with E-state index in [9.17, 15) is 22.8 Å². The Labute approximate surface area is 81.9 Å². The summed E-state index contributed by atoms with van der Waals surface area (Å²) in [6.45, 7) is 0. The van der Waals surface area contributed by atoms with Gasteiger partial charge in [-0.3, -0.25) is 9.59 Å². The van der Waals surface area contributed by atoms with E-state index in [0.29, 0.717) is 0 Å². The highest BCUT2D eigenvalue weighted by molar-refractivity contribution is 6.51. The number of ketones is 1. The number of rotatable bonds is 0. The molecule has 1 heterocycles. The molecule has 1 aromatic rings. The molecule has 0 unspecified atom stereocenters. The summed E-state index contributed by atoms with van der Waals surface area (Å²) >= 11 is 0. The summed E-state index contributed by atoms with van der Waals surface area (Å²) < 4.78 is 36.8. The van der Waals surface area contributed by atoms with Crippen LogP contribution in [0.1, 0.15) is 15.9 Å². The van der Waals surface area contributed by atoms with E-state index in [-0.39, 0.29) is 11.3 Å². The molecule has 0 saturated heterocycles. The van der Waals surface area contributed by atoms with Crippen molar-refractivity contribution >= 4 is 17.4 Å². The van der Waals surface area contributed by atoms with Crippen LogP contribution < -0.4 is 5.32 Å².